The van der Waals surface area contributed by atoms with E-state index < -0.39 is 0 Å². The Balaban J connectivity index is 1.31. The van der Waals surface area contributed by atoms with Crippen LogP contribution in [0.3, 0.4) is 0 Å². The van der Waals surface area contributed by atoms with E-state index in [9.17, 15) is 0 Å². The molecule has 1 aromatic heterocycles. The van der Waals surface area contributed by atoms with E-state index in [1.54, 1.807) is 7.11 Å². The van der Waals surface area contributed by atoms with Crippen molar-refractivity contribution in [2.24, 2.45) is 16.3 Å². The number of aliphatic imine (C=N–C) groups is 1. The summed E-state index contributed by atoms with van der Waals surface area (Å²) in [6, 6.07) is 2.33. The van der Waals surface area contributed by atoms with Gasteiger partial charge in [-0.15, -0.1) is 0 Å². The van der Waals surface area contributed by atoms with Gasteiger partial charge in [0.15, 0.2) is 0 Å². The Labute approximate surface area is 195 Å². The molecule has 6 heteroatoms. The average Bonchev–Trinajstić information content (AvgIpc) is 3.30. The van der Waals surface area contributed by atoms with Gasteiger partial charge in [0.25, 0.3) is 0 Å². The summed E-state index contributed by atoms with van der Waals surface area (Å²) in [6.07, 6.45) is 18.4. The summed E-state index contributed by atoms with van der Waals surface area (Å²) >= 11 is 0. The highest BCUT2D eigenvalue weighted by Crippen LogP contribution is 2.57. The smallest absolute Gasteiger partial charge is 0.150 e. The van der Waals surface area contributed by atoms with Crippen molar-refractivity contribution in [3.8, 4) is 0 Å². The van der Waals surface area contributed by atoms with E-state index in [4.69, 9.17) is 14.5 Å². The van der Waals surface area contributed by atoms with Crippen molar-refractivity contribution in [3.05, 3.63) is 76.8 Å². The number of allylic oxidation sites excluding steroid dienone is 3. The quantitative estimate of drug-likeness (QED) is 0.711. The number of ether oxygens (including phenoxy) is 2. The molecule has 0 aromatic carbocycles. The summed E-state index contributed by atoms with van der Waals surface area (Å²) in [6.45, 7) is 5.92. The van der Waals surface area contributed by atoms with Gasteiger partial charge in [-0.2, -0.15) is 0 Å². The predicted molar refractivity (Wildman–Crippen MR) is 130 cm³/mol. The van der Waals surface area contributed by atoms with Crippen LogP contribution in [0.25, 0.3) is 6.08 Å². The molecule has 3 aliphatic carbocycles. The Morgan fingerprint density at radius 2 is 2.27 bits per heavy atom. The molecule has 1 aromatic rings. The fraction of sp³-hybridized carbons (Fsp3) is 0.444. The third-order valence-corrected chi connectivity index (χ3v) is 7.57. The van der Waals surface area contributed by atoms with Gasteiger partial charge in [0.2, 0.25) is 0 Å². The molecule has 2 aliphatic heterocycles. The van der Waals surface area contributed by atoms with Crippen LogP contribution in [0, 0.1) is 11.3 Å². The zero-order valence-electron chi connectivity index (χ0n) is 19.6. The van der Waals surface area contributed by atoms with E-state index in [1.165, 1.54) is 22.5 Å². The number of rotatable bonds is 5. The minimum atomic E-state index is -0.0168. The van der Waals surface area contributed by atoms with Crippen molar-refractivity contribution >= 4 is 11.9 Å². The zero-order valence-corrected chi connectivity index (χ0v) is 19.6. The summed E-state index contributed by atoms with van der Waals surface area (Å²) in [5.41, 5.74) is 6.58. The Morgan fingerprint density at radius 1 is 1.36 bits per heavy atom. The minimum Gasteiger partial charge on any atom is -0.498 e. The van der Waals surface area contributed by atoms with Gasteiger partial charge < -0.3 is 24.7 Å². The van der Waals surface area contributed by atoms with E-state index in [0.717, 1.165) is 43.1 Å². The van der Waals surface area contributed by atoms with Crippen LogP contribution < -0.4 is 5.32 Å². The second kappa shape index (κ2) is 7.80. The van der Waals surface area contributed by atoms with Gasteiger partial charge in [-0.3, -0.25) is 4.99 Å². The summed E-state index contributed by atoms with van der Waals surface area (Å²) in [4.78, 5) is 11.1. The normalized spacial score (nSPS) is 31.8. The number of nitrogens with one attached hydrogen (secondary N) is 2. The summed E-state index contributed by atoms with van der Waals surface area (Å²) in [5.74, 6) is 2.21. The molecule has 0 radical (unpaired) electrons. The van der Waals surface area contributed by atoms with Gasteiger partial charge in [-0.25, -0.2) is 0 Å². The third kappa shape index (κ3) is 3.57. The molecule has 6 nitrogen and oxygen atoms in total. The van der Waals surface area contributed by atoms with Gasteiger partial charge in [-0.05, 0) is 37.0 Å². The van der Waals surface area contributed by atoms with Crippen molar-refractivity contribution in [2.45, 2.75) is 45.3 Å². The lowest BCUT2D eigenvalue weighted by atomic mass is 9.87. The molecular formula is C27H32N4O2. The molecule has 172 valence electrons. The van der Waals surface area contributed by atoms with E-state index in [2.05, 4.69) is 64.8 Å². The van der Waals surface area contributed by atoms with Crippen LogP contribution in [0.1, 0.15) is 37.9 Å². The maximum Gasteiger partial charge on any atom is 0.150 e. The topological polar surface area (TPSA) is 61.9 Å². The van der Waals surface area contributed by atoms with Crippen LogP contribution in [-0.4, -0.2) is 48.1 Å². The van der Waals surface area contributed by atoms with Crippen LogP contribution in [-0.2, 0) is 15.9 Å². The fourth-order valence-electron chi connectivity index (χ4n) is 5.53. The molecule has 4 unspecified atom stereocenters. The largest absolute Gasteiger partial charge is 0.498 e. The molecule has 1 saturated carbocycles. The van der Waals surface area contributed by atoms with E-state index in [0.29, 0.717) is 12.5 Å². The molecule has 0 bridgehead atoms. The number of H-pyrrole nitrogens is 1. The maximum atomic E-state index is 5.83. The number of hydrogen-bond donors (Lipinski definition) is 2. The Kier molecular flexibility index (Phi) is 4.87. The van der Waals surface area contributed by atoms with Crippen LogP contribution in [0.4, 0.5) is 0 Å². The highest BCUT2D eigenvalue weighted by Gasteiger charge is 2.50. The first kappa shape index (κ1) is 20.6. The van der Waals surface area contributed by atoms with Crippen molar-refractivity contribution < 1.29 is 9.47 Å². The summed E-state index contributed by atoms with van der Waals surface area (Å²) in [7, 11) is 1.72. The van der Waals surface area contributed by atoms with E-state index >= 15 is 0 Å². The zero-order chi connectivity index (χ0) is 22.6. The highest BCUT2D eigenvalue weighted by atomic mass is 16.5. The highest BCUT2D eigenvalue weighted by molar-refractivity contribution is 6.02. The van der Waals surface area contributed by atoms with Crippen molar-refractivity contribution in [1.29, 1.82) is 0 Å². The molecule has 6 rings (SSSR count). The predicted octanol–water partition coefficient (Wildman–Crippen LogP) is 4.29. The van der Waals surface area contributed by atoms with Crippen molar-refractivity contribution in [1.82, 2.24) is 15.2 Å². The first-order valence-electron chi connectivity index (χ1n) is 12.0. The van der Waals surface area contributed by atoms with Gasteiger partial charge in [-0.1, -0.05) is 31.2 Å². The Hall–Kier alpha value is -2.99. The molecule has 33 heavy (non-hydrogen) atoms. The lowest BCUT2D eigenvalue weighted by molar-refractivity contribution is 0.0477. The maximum absolute atomic E-state index is 5.83. The van der Waals surface area contributed by atoms with Gasteiger partial charge >= 0.3 is 0 Å². The molecule has 0 amide bonds. The van der Waals surface area contributed by atoms with Crippen LogP contribution >= 0.6 is 0 Å². The second-order valence-electron chi connectivity index (χ2n) is 9.79. The molecule has 1 fully saturated rings. The first-order valence-corrected chi connectivity index (χ1v) is 12.0. The van der Waals surface area contributed by atoms with Gasteiger partial charge in [0.1, 0.15) is 17.7 Å². The fourth-order valence-corrected chi connectivity index (χ4v) is 5.53. The summed E-state index contributed by atoms with van der Waals surface area (Å²) in [5, 5.41) is 3.68. The summed E-state index contributed by atoms with van der Waals surface area (Å²) < 4.78 is 11.5. The third-order valence-electron chi connectivity index (χ3n) is 7.57. The average molecular weight is 445 g/mol. The molecule has 3 heterocycles. The van der Waals surface area contributed by atoms with Crippen molar-refractivity contribution in [3.63, 3.8) is 0 Å². The number of aromatic amines is 1. The number of aromatic nitrogens is 1. The molecule has 5 aliphatic rings. The SMILES string of the molecule is CCOC1CC=C(NC2=NC(C3C=Cc4cc[nH]c4C3)CN3C=CC4(C)CC4=C23)C=C1OC. The number of amidine groups is 1. The molecule has 4 atom stereocenters. The minimum absolute atomic E-state index is 0.0168. The monoisotopic (exact) mass is 444 g/mol. The lowest BCUT2D eigenvalue weighted by Crippen LogP contribution is -2.45. The Bertz CT molecular complexity index is 1150. The van der Waals surface area contributed by atoms with Crippen LogP contribution in [0.2, 0.25) is 0 Å². The van der Waals surface area contributed by atoms with Crippen LogP contribution in [0.15, 0.2) is 70.5 Å². The molecule has 0 spiro atoms. The van der Waals surface area contributed by atoms with E-state index in [-0.39, 0.29) is 17.6 Å². The number of nitrogens with zero attached hydrogens (tertiary/aromatic N) is 2. The number of fused-ring (bicyclic) bond motifs is 3. The number of methoxy groups -OCH3 is 1. The number of hydrogen-bond acceptors (Lipinski definition) is 5. The van der Waals surface area contributed by atoms with Gasteiger partial charge in [0, 0.05) is 60.8 Å². The molecular weight excluding hydrogens is 412 g/mol. The first-order chi connectivity index (χ1) is 16.1. The molecule has 2 N–H and O–H groups in total. The van der Waals surface area contributed by atoms with Crippen molar-refractivity contribution in [2.75, 3.05) is 20.3 Å². The second-order valence-corrected chi connectivity index (χ2v) is 9.79. The van der Waals surface area contributed by atoms with Crippen LogP contribution in [0.5, 0.6) is 0 Å². The van der Waals surface area contributed by atoms with E-state index in [1.807, 2.05) is 13.1 Å². The van der Waals surface area contributed by atoms with Gasteiger partial charge in [0.05, 0.1) is 18.8 Å². The lowest BCUT2D eigenvalue weighted by Gasteiger charge is -2.38. The molecule has 0 saturated heterocycles. The Morgan fingerprint density at radius 3 is 3.12 bits per heavy atom. The standard InChI is InChI=1S/C27H32N4O2/c1-4-33-23-8-7-19(14-24(23)32-3)29-26-25-20-15-27(20,2)10-12-31(25)16-22(30-26)18-6-5-17-9-11-28-21(17)13-18/h5-7,9-12,14,18,22-23,28H,4,8,13,15-16H2,1-3H3,(H,29,30).